The lowest BCUT2D eigenvalue weighted by Crippen LogP contribution is -2.42. The van der Waals surface area contributed by atoms with Crippen LogP contribution >= 0.6 is 0 Å². The molecule has 1 atom stereocenters. The van der Waals surface area contributed by atoms with Gasteiger partial charge in [-0.2, -0.15) is 9.40 Å². The van der Waals surface area contributed by atoms with Crippen LogP contribution in [0.15, 0.2) is 41.4 Å². The Morgan fingerprint density at radius 3 is 2.92 bits per heavy atom. The van der Waals surface area contributed by atoms with E-state index in [0.29, 0.717) is 5.69 Å². The number of carbonyl (C=O) groups excluding carboxylic acids is 1. The van der Waals surface area contributed by atoms with Crippen molar-refractivity contribution < 1.29 is 17.6 Å². The molecule has 1 aromatic heterocycles. The average molecular weight is 352 g/mol. The summed E-state index contributed by atoms with van der Waals surface area (Å²) < 4.78 is 41.9. The van der Waals surface area contributed by atoms with E-state index in [-0.39, 0.29) is 30.3 Å². The number of rotatable bonds is 4. The first-order chi connectivity index (χ1) is 11.4. The van der Waals surface area contributed by atoms with Crippen molar-refractivity contribution in [3.05, 3.63) is 48.0 Å². The summed E-state index contributed by atoms with van der Waals surface area (Å²) in [5.74, 6) is -0.813. The standard InChI is InChI=1S/C15H17FN4O3S/c1-17-15(21)8-13-10-19(9-12-5-6-18-20(12)13)24(22,23)14-4-2-3-11(16)7-14/h2-7,13H,8-10H2,1H3,(H,17,21)/t13-/m1/s1. The predicted octanol–water partition coefficient (Wildman–Crippen LogP) is 0.904. The number of nitrogens with one attached hydrogen (secondary N) is 1. The molecule has 24 heavy (non-hydrogen) atoms. The van der Waals surface area contributed by atoms with Crippen LogP contribution in [-0.2, 0) is 21.4 Å². The van der Waals surface area contributed by atoms with Gasteiger partial charge in [0.15, 0.2) is 0 Å². The topological polar surface area (TPSA) is 84.3 Å². The zero-order valence-electron chi connectivity index (χ0n) is 13.0. The van der Waals surface area contributed by atoms with Crippen LogP contribution in [-0.4, -0.2) is 42.0 Å². The maximum absolute atomic E-state index is 13.4. The van der Waals surface area contributed by atoms with Crippen LogP contribution in [0.2, 0.25) is 0 Å². The van der Waals surface area contributed by atoms with Gasteiger partial charge < -0.3 is 5.32 Å². The van der Waals surface area contributed by atoms with Crippen LogP contribution in [0.4, 0.5) is 4.39 Å². The van der Waals surface area contributed by atoms with Crippen LogP contribution in [0, 0.1) is 5.82 Å². The summed E-state index contributed by atoms with van der Waals surface area (Å²) in [6, 6.07) is 6.21. The van der Waals surface area contributed by atoms with Crippen molar-refractivity contribution in [2.75, 3.05) is 13.6 Å². The Morgan fingerprint density at radius 1 is 1.42 bits per heavy atom. The molecule has 0 unspecified atom stereocenters. The zero-order valence-corrected chi connectivity index (χ0v) is 13.8. The summed E-state index contributed by atoms with van der Waals surface area (Å²) in [7, 11) is -2.34. The Kier molecular flexibility index (Phi) is 4.37. The van der Waals surface area contributed by atoms with Gasteiger partial charge >= 0.3 is 0 Å². The largest absolute Gasteiger partial charge is 0.359 e. The fraction of sp³-hybridized carbons (Fsp3) is 0.333. The molecule has 128 valence electrons. The highest BCUT2D eigenvalue weighted by molar-refractivity contribution is 7.89. The lowest BCUT2D eigenvalue weighted by atomic mass is 10.1. The van der Waals surface area contributed by atoms with Crippen molar-refractivity contribution in [1.82, 2.24) is 19.4 Å². The minimum Gasteiger partial charge on any atom is -0.359 e. The molecule has 0 saturated carbocycles. The molecule has 0 spiro atoms. The monoisotopic (exact) mass is 352 g/mol. The quantitative estimate of drug-likeness (QED) is 0.886. The maximum atomic E-state index is 13.4. The van der Waals surface area contributed by atoms with Gasteiger partial charge in [0.25, 0.3) is 0 Å². The van der Waals surface area contributed by atoms with Crippen molar-refractivity contribution in [2.45, 2.75) is 23.9 Å². The Labute approximate surface area is 139 Å². The summed E-state index contributed by atoms with van der Waals surface area (Å²) in [5.41, 5.74) is 0.690. The maximum Gasteiger partial charge on any atom is 0.243 e. The van der Waals surface area contributed by atoms with Crippen LogP contribution in [0.3, 0.4) is 0 Å². The lowest BCUT2D eigenvalue weighted by Gasteiger charge is -2.32. The molecule has 3 rings (SSSR count). The van der Waals surface area contributed by atoms with E-state index in [2.05, 4.69) is 10.4 Å². The molecule has 2 aromatic rings. The SMILES string of the molecule is CNC(=O)C[C@@H]1CN(S(=O)(=O)c2cccc(F)c2)Cc2ccnn21. The number of aromatic nitrogens is 2. The van der Waals surface area contributed by atoms with Gasteiger partial charge in [0, 0.05) is 19.8 Å². The average Bonchev–Trinajstić information content (AvgIpc) is 3.03. The van der Waals surface area contributed by atoms with E-state index in [1.54, 1.807) is 16.9 Å². The second kappa shape index (κ2) is 6.33. The first-order valence-corrected chi connectivity index (χ1v) is 8.84. The van der Waals surface area contributed by atoms with Crippen LogP contribution in [0.5, 0.6) is 0 Å². The van der Waals surface area contributed by atoms with Crippen molar-refractivity contribution in [3.63, 3.8) is 0 Å². The smallest absolute Gasteiger partial charge is 0.243 e. The molecule has 0 aliphatic carbocycles. The normalized spacial score (nSPS) is 18.2. The van der Waals surface area contributed by atoms with E-state index in [0.717, 1.165) is 6.07 Å². The summed E-state index contributed by atoms with van der Waals surface area (Å²) in [5, 5.41) is 6.71. The second-order valence-electron chi connectivity index (χ2n) is 5.55. The van der Waals surface area contributed by atoms with E-state index < -0.39 is 21.9 Å². The molecule has 2 heterocycles. The molecule has 0 fully saturated rings. The number of halogens is 1. The molecule has 0 radical (unpaired) electrons. The molecule has 1 aliphatic heterocycles. The second-order valence-corrected chi connectivity index (χ2v) is 7.49. The van der Waals surface area contributed by atoms with Gasteiger partial charge in [-0.1, -0.05) is 6.07 Å². The molecule has 0 saturated heterocycles. The van der Waals surface area contributed by atoms with Crippen LogP contribution < -0.4 is 5.32 Å². The van der Waals surface area contributed by atoms with Crippen molar-refractivity contribution in [3.8, 4) is 0 Å². The van der Waals surface area contributed by atoms with Gasteiger partial charge in [0.2, 0.25) is 15.9 Å². The highest BCUT2D eigenvalue weighted by atomic mass is 32.2. The third-order valence-electron chi connectivity index (χ3n) is 3.98. The Bertz CT molecular complexity index is 865. The van der Waals surface area contributed by atoms with Crippen molar-refractivity contribution in [2.24, 2.45) is 0 Å². The van der Waals surface area contributed by atoms with Crippen molar-refractivity contribution >= 4 is 15.9 Å². The number of hydrogen-bond donors (Lipinski definition) is 1. The summed E-state index contributed by atoms with van der Waals surface area (Å²) in [6.45, 7) is 0.226. The first kappa shape index (κ1) is 16.6. The highest BCUT2D eigenvalue weighted by Crippen LogP contribution is 2.28. The zero-order chi connectivity index (χ0) is 17.3. The first-order valence-electron chi connectivity index (χ1n) is 7.40. The Morgan fingerprint density at radius 2 is 2.21 bits per heavy atom. The van der Waals surface area contributed by atoms with Crippen LogP contribution in [0.1, 0.15) is 18.2 Å². The lowest BCUT2D eigenvalue weighted by molar-refractivity contribution is -0.121. The number of carbonyl (C=O) groups is 1. The molecule has 7 nitrogen and oxygen atoms in total. The molecule has 1 aliphatic rings. The summed E-state index contributed by atoms with van der Waals surface area (Å²) in [4.78, 5) is 11.6. The van der Waals surface area contributed by atoms with Gasteiger partial charge in [0.1, 0.15) is 5.82 Å². The third kappa shape index (κ3) is 3.04. The number of nitrogens with zero attached hydrogens (tertiary/aromatic N) is 3. The van der Waals surface area contributed by atoms with Gasteiger partial charge in [-0.3, -0.25) is 9.48 Å². The number of fused-ring (bicyclic) bond motifs is 1. The van der Waals surface area contributed by atoms with Gasteiger partial charge in [-0.25, -0.2) is 12.8 Å². The predicted molar refractivity (Wildman–Crippen MR) is 83.9 cm³/mol. The third-order valence-corrected chi connectivity index (χ3v) is 5.79. The molecular formula is C15H17FN4O3S. The Balaban J connectivity index is 1.94. The minimum atomic E-state index is -3.86. The molecule has 1 amide bonds. The van der Waals surface area contributed by atoms with E-state index in [1.165, 1.54) is 29.6 Å². The fourth-order valence-electron chi connectivity index (χ4n) is 2.78. The molecule has 9 heteroatoms. The molecule has 1 N–H and O–H groups in total. The molecule has 0 bridgehead atoms. The van der Waals surface area contributed by atoms with Crippen molar-refractivity contribution in [1.29, 1.82) is 0 Å². The number of sulfonamides is 1. The molecular weight excluding hydrogens is 335 g/mol. The summed E-state index contributed by atoms with van der Waals surface area (Å²) in [6.07, 6.45) is 1.69. The van der Waals surface area contributed by atoms with E-state index in [1.807, 2.05) is 0 Å². The number of benzene rings is 1. The van der Waals surface area contributed by atoms with Gasteiger partial charge in [-0.15, -0.1) is 0 Å². The summed E-state index contributed by atoms with van der Waals surface area (Å²) >= 11 is 0. The number of amides is 1. The fourth-order valence-corrected chi connectivity index (χ4v) is 4.26. The number of hydrogen-bond acceptors (Lipinski definition) is 4. The van der Waals surface area contributed by atoms with E-state index in [4.69, 9.17) is 0 Å². The minimum absolute atomic E-state index is 0.0982. The van der Waals surface area contributed by atoms with E-state index >= 15 is 0 Å². The van der Waals surface area contributed by atoms with Crippen LogP contribution in [0.25, 0.3) is 0 Å². The van der Waals surface area contributed by atoms with E-state index in [9.17, 15) is 17.6 Å². The Hall–Kier alpha value is -2.26. The molecule has 1 aromatic carbocycles. The van der Waals surface area contributed by atoms with Gasteiger partial charge in [0.05, 0.1) is 29.6 Å². The highest BCUT2D eigenvalue weighted by Gasteiger charge is 2.34. The van der Waals surface area contributed by atoms with Gasteiger partial charge in [-0.05, 0) is 24.3 Å².